The van der Waals surface area contributed by atoms with E-state index >= 15 is 0 Å². The van der Waals surface area contributed by atoms with Crippen molar-refractivity contribution in [1.82, 2.24) is 15.2 Å². The highest BCUT2D eigenvalue weighted by Crippen LogP contribution is 2.45. The van der Waals surface area contributed by atoms with Crippen LogP contribution in [0.15, 0.2) is 24.4 Å². The zero-order valence-corrected chi connectivity index (χ0v) is 17.2. The van der Waals surface area contributed by atoms with Crippen molar-refractivity contribution in [2.45, 2.75) is 44.9 Å². The van der Waals surface area contributed by atoms with E-state index in [-0.39, 0.29) is 17.7 Å². The van der Waals surface area contributed by atoms with Crippen molar-refractivity contribution < 1.29 is 9.59 Å². The van der Waals surface area contributed by atoms with Gasteiger partial charge in [0, 0.05) is 51.3 Å². The van der Waals surface area contributed by atoms with Gasteiger partial charge in [0.15, 0.2) is 0 Å². The van der Waals surface area contributed by atoms with Crippen LogP contribution in [-0.4, -0.2) is 54.4 Å². The third-order valence-corrected chi connectivity index (χ3v) is 7.37. The van der Waals surface area contributed by atoms with Gasteiger partial charge in [0.1, 0.15) is 5.82 Å². The normalized spacial score (nSPS) is 29.3. The number of hydrogen-bond acceptors (Lipinski definition) is 4. The number of rotatable bonds is 6. The number of nitrogens with one attached hydrogen (secondary N) is 1. The molecule has 4 fully saturated rings. The standard InChI is InChI=1S/C23H32N4O2/c28-21(12-17-5-6-17)26-11-3-9-23(22(29)25-13-18-7-8-18)16-27(15-19(23)14-26)20-4-1-2-10-24-20/h1-2,4,10,17-19H,3,5-9,11-16H2,(H,25,29)/t19-,23-/m1/s1. The molecule has 6 heteroatoms. The molecule has 2 saturated heterocycles. The van der Waals surface area contributed by atoms with Gasteiger partial charge in [-0.15, -0.1) is 0 Å². The molecule has 4 aliphatic rings. The van der Waals surface area contributed by atoms with Crippen molar-refractivity contribution in [2.24, 2.45) is 23.2 Å². The molecule has 5 rings (SSSR count). The smallest absolute Gasteiger partial charge is 0.228 e. The summed E-state index contributed by atoms with van der Waals surface area (Å²) < 4.78 is 0. The Morgan fingerprint density at radius 1 is 1.14 bits per heavy atom. The molecule has 2 saturated carbocycles. The number of aromatic nitrogens is 1. The van der Waals surface area contributed by atoms with Crippen LogP contribution < -0.4 is 10.2 Å². The second-order valence-electron chi connectivity index (χ2n) is 9.67. The number of amides is 2. The fourth-order valence-corrected chi connectivity index (χ4v) is 5.18. The van der Waals surface area contributed by atoms with Crippen molar-refractivity contribution in [3.63, 3.8) is 0 Å². The molecule has 1 N–H and O–H groups in total. The summed E-state index contributed by atoms with van der Waals surface area (Å²) >= 11 is 0. The molecule has 2 aliphatic carbocycles. The van der Waals surface area contributed by atoms with Crippen LogP contribution in [0, 0.1) is 23.2 Å². The minimum Gasteiger partial charge on any atom is -0.355 e. The third kappa shape index (κ3) is 3.99. The molecule has 1 aromatic rings. The van der Waals surface area contributed by atoms with Gasteiger partial charge in [-0.1, -0.05) is 6.07 Å². The van der Waals surface area contributed by atoms with Crippen molar-refractivity contribution in [3.8, 4) is 0 Å². The number of pyridine rings is 1. The zero-order chi connectivity index (χ0) is 19.8. The summed E-state index contributed by atoms with van der Waals surface area (Å²) in [4.78, 5) is 35.2. The lowest BCUT2D eigenvalue weighted by Gasteiger charge is -2.32. The first kappa shape index (κ1) is 18.9. The minimum absolute atomic E-state index is 0.161. The Kier molecular flexibility index (Phi) is 4.96. The predicted molar refractivity (Wildman–Crippen MR) is 111 cm³/mol. The summed E-state index contributed by atoms with van der Waals surface area (Å²) in [6.45, 7) is 3.80. The molecule has 29 heavy (non-hydrogen) atoms. The van der Waals surface area contributed by atoms with E-state index in [4.69, 9.17) is 0 Å². The molecule has 0 spiro atoms. The van der Waals surface area contributed by atoms with Crippen molar-refractivity contribution in [1.29, 1.82) is 0 Å². The van der Waals surface area contributed by atoms with Crippen LogP contribution >= 0.6 is 0 Å². The third-order valence-electron chi connectivity index (χ3n) is 7.37. The Hall–Kier alpha value is -2.11. The monoisotopic (exact) mass is 396 g/mol. The van der Waals surface area contributed by atoms with Gasteiger partial charge in [0.05, 0.1) is 5.41 Å². The molecule has 0 unspecified atom stereocenters. The van der Waals surface area contributed by atoms with Gasteiger partial charge in [-0.2, -0.15) is 0 Å². The number of hydrogen-bond donors (Lipinski definition) is 1. The van der Waals surface area contributed by atoms with Crippen LogP contribution in [0.4, 0.5) is 5.82 Å². The fraction of sp³-hybridized carbons (Fsp3) is 0.696. The molecule has 2 amide bonds. The first-order valence-electron chi connectivity index (χ1n) is 11.4. The van der Waals surface area contributed by atoms with Crippen molar-refractivity contribution in [3.05, 3.63) is 24.4 Å². The number of nitrogens with zero attached hydrogens (tertiary/aromatic N) is 3. The molecule has 2 atom stereocenters. The number of carbonyl (C=O) groups is 2. The lowest BCUT2D eigenvalue weighted by molar-refractivity contribution is -0.135. The van der Waals surface area contributed by atoms with E-state index in [1.54, 1.807) is 0 Å². The van der Waals surface area contributed by atoms with Gasteiger partial charge in [-0.05, 0) is 62.5 Å². The maximum Gasteiger partial charge on any atom is 0.228 e. The molecular formula is C23H32N4O2. The summed E-state index contributed by atoms with van der Waals surface area (Å²) in [6.07, 6.45) is 9.13. The van der Waals surface area contributed by atoms with E-state index in [0.29, 0.717) is 31.3 Å². The van der Waals surface area contributed by atoms with Crippen LogP contribution in [0.5, 0.6) is 0 Å². The van der Waals surface area contributed by atoms with E-state index in [0.717, 1.165) is 38.3 Å². The van der Waals surface area contributed by atoms with Gasteiger partial charge >= 0.3 is 0 Å². The Morgan fingerprint density at radius 2 is 1.97 bits per heavy atom. The quantitative estimate of drug-likeness (QED) is 0.802. The Morgan fingerprint density at radius 3 is 2.69 bits per heavy atom. The summed E-state index contributed by atoms with van der Waals surface area (Å²) in [7, 11) is 0. The van der Waals surface area contributed by atoms with Gasteiger partial charge in [-0.3, -0.25) is 9.59 Å². The van der Waals surface area contributed by atoms with Crippen LogP contribution in [0.3, 0.4) is 0 Å². The highest BCUT2D eigenvalue weighted by atomic mass is 16.2. The molecule has 0 radical (unpaired) electrons. The molecule has 156 valence electrons. The summed E-state index contributed by atoms with van der Waals surface area (Å²) in [6, 6.07) is 5.95. The molecule has 0 bridgehead atoms. The second-order valence-corrected chi connectivity index (χ2v) is 9.67. The van der Waals surface area contributed by atoms with E-state index in [2.05, 4.69) is 20.1 Å². The van der Waals surface area contributed by atoms with Crippen molar-refractivity contribution >= 4 is 17.6 Å². The average Bonchev–Trinajstić information content (AvgIpc) is 3.65. The maximum atomic E-state index is 13.5. The summed E-state index contributed by atoms with van der Waals surface area (Å²) in [5.74, 6) is 2.86. The number of carbonyl (C=O) groups excluding carboxylic acids is 2. The second kappa shape index (κ2) is 7.62. The largest absolute Gasteiger partial charge is 0.355 e. The van der Waals surface area contributed by atoms with E-state index in [1.807, 2.05) is 24.4 Å². The van der Waals surface area contributed by atoms with E-state index in [9.17, 15) is 9.59 Å². The summed E-state index contributed by atoms with van der Waals surface area (Å²) in [5, 5.41) is 3.27. The lowest BCUT2D eigenvalue weighted by Crippen LogP contribution is -2.48. The first-order valence-corrected chi connectivity index (χ1v) is 11.4. The SMILES string of the molecule is O=C(CC1CC1)N1CCC[C@@]2(C(=O)NCC3CC3)CN(c3ccccn3)C[C@H]2C1. The lowest BCUT2D eigenvalue weighted by atomic mass is 9.74. The maximum absolute atomic E-state index is 13.5. The Labute approximate surface area is 173 Å². The molecule has 0 aromatic carbocycles. The fourth-order valence-electron chi connectivity index (χ4n) is 5.18. The van der Waals surface area contributed by atoms with Gasteiger partial charge in [0.25, 0.3) is 0 Å². The van der Waals surface area contributed by atoms with Crippen LogP contribution in [0.1, 0.15) is 44.9 Å². The summed E-state index contributed by atoms with van der Waals surface area (Å²) in [5.41, 5.74) is -0.416. The Balaban J connectivity index is 1.36. The number of likely N-dealkylation sites (tertiary alicyclic amines) is 1. The molecule has 2 aliphatic heterocycles. The predicted octanol–water partition coefficient (Wildman–Crippen LogP) is 2.45. The van der Waals surface area contributed by atoms with Gasteiger partial charge in [-0.25, -0.2) is 4.98 Å². The number of anilines is 1. The zero-order valence-electron chi connectivity index (χ0n) is 17.2. The minimum atomic E-state index is -0.416. The molecule has 3 heterocycles. The van der Waals surface area contributed by atoms with E-state index < -0.39 is 5.41 Å². The highest BCUT2D eigenvalue weighted by molar-refractivity contribution is 5.85. The highest BCUT2D eigenvalue weighted by Gasteiger charge is 2.53. The van der Waals surface area contributed by atoms with Gasteiger partial charge < -0.3 is 15.1 Å². The molecular weight excluding hydrogens is 364 g/mol. The van der Waals surface area contributed by atoms with Crippen LogP contribution in [-0.2, 0) is 9.59 Å². The van der Waals surface area contributed by atoms with Crippen LogP contribution in [0.25, 0.3) is 0 Å². The molecule has 6 nitrogen and oxygen atoms in total. The Bertz CT molecular complexity index is 761. The van der Waals surface area contributed by atoms with E-state index in [1.165, 1.54) is 25.7 Å². The topological polar surface area (TPSA) is 65.5 Å². The first-order chi connectivity index (χ1) is 14.1. The number of fused-ring (bicyclic) bond motifs is 1. The average molecular weight is 397 g/mol. The van der Waals surface area contributed by atoms with Gasteiger partial charge in [0.2, 0.25) is 11.8 Å². The van der Waals surface area contributed by atoms with Crippen molar-refractivity contribution in [2.75, 3.05) is 37.6 Å². The molecule has 1 aromatic heterocycles. The van der Waals surface area contributed by atoms with Crippen LogP contribution in [0.2, 0.25) is 0 Å².